The van der Waals surface area contributed by atoms with Crippen LogP contribution in [-0.4, -0.2) is 42.5 Å². The molecule has 0 unspecified atom stereocenters. The molecule has 3 rings (SSSR count). The summed E-state index contributed by atoms with van der Waals surface area (Å²) in [5.74, 6) is -0.898. The highest BCUT2D eigenvalue weighted by Gasteiger charge is 2.48. The van der Waals surface area contributed by atoms with E-state index in [1.54, 1.807) is 4.90 Å². The van der Waals surface area contributed by atoms with E-state index in [0.717, 1.165) is 12.1 Å². The maximum Gasteiger partial charge on any atom is 0.416 e. The van der Waals surface area contributed by atoms with Gasteiger partial charge in [-0.25, -0.2) is 0 Å². The lowest BCUT2D eigenvalue weighted by atomic mass is 9.92. The second-order valence-electron chi connectivity index (χ2n) is 7.56. The van der Waals surface area contributed by atoms with Gasteiger partial charge in [-0.3, -0.25) is 9.59 Å². The molecular weight excluding hydrogens is 361 g/mol. The molecule has 2 aliphatic rings. The number of hydrogen-bond donors (Lipinski definition) is 1. The minimum absolute atomic E-state index is 0.0331. The predicted molar refractivity (Wildman–Crippen MR) is 92.9 cm³/mol. The van der Waals surface area contributed by atoms with Crippen LogP contribution in [0.4, 0.5) is 18.9 Å². The van der Waals surface area contributed by atoms with Crippen LogP contribution in [0.2, 0.25) is 0 Å². The van der Waals surface area contributed by atoms with Gasteiger partial charge in [-0.15, -0.1) is 0 Å². The quantitative estimate of drug-likeness (QED) is 0.871. The topological polar surface area (TPSA) is 58.6 Å². The van der Waals surface area contributed by atoms with Crippen molar-refractivity contribution in [1.82, 2.24) is 4.90 Å². The van der Waals surface area contributed by atoms with Crippen LogP contribution < -0.4 is 5.32 Å². The van der Waals surface area contributed by atoms with E-state index in [4.69, 9.17) is 4.74 Å². The number of hydrogen-bond acceptors (Lipinski definition) is 3. The monoisotopic (exact) mass is 384 g/mol. The minimum atomic E-state index is -4.42. The van der Waals surface area contributed by atoms with E-state index in [-0.39, 0.29) is 36.4 Å². The molecule has 1 aromatic carbocycles. The number of amides is 2. The molecule has 0 bridgehead atoms. The maximum absolute atomic E-state index is 12.8. The number of carbonyl (C=O) groups excluding carboxylic acids is 2. The van der Waals surface area contributed by atoms with E-state index in [2.05, 4.69) is 5.32 Å². The summed E-state index contributed by atoms with van der Waals surface area (Å²) >= 11 is 0. The van der Waals surface area contributed by atoms with Gasteiger partial charge in [0.2, 0.25) is 11.8 Å². The Morgan fingerprint density at radius 1 is 1.26 bits per heavy atom. The fourth-order valence-electron chi connectivity index (χ4n) is 3.73. The average Bonchev–Trinajstić information content (AvgIpc) is 3.15. The molecular formula is C19H23F3N2O3. The number of halogens is 3. The molecule has 0 aliphatic carbocycles. The number of fused-ring (bicyclic) bond motifs is 1. The van der Waals surface area contributed by atoms with E-state index in [1.807, 2.05) is 13.8 Å². The summed E-state index contributed by atoms with van der Waals surface area (Å²) in [6, 6.07) is 3.24. The van der Waals surface area contributed by atoms with E-state index < -0.39 is 17.7 Å². The summed E-state index contributed by atoms with van der Waals surface area (Å²) < 4.78 is 44.0. The van der Waals surface area contributed by atoms with E-state index in [0.29, 0.717) is 24.3 Å². The Kier molecular flexibility index (Phi) is 5.20. The summed E-state index contributed by atoms with van der Waals surface area (Å²) in [5, 5.41) is 2.72. The number of carbonyl (C=O) groups is 2. The first-order chi connectivity index (χ1) is 12.6. The molecule has 0 aromatic heterocycles. The highest BCUT2D eigenvalue weighted by molar-refractivity contribution is 5.94. The Morgan fingerprint density at radius 3 is 2.56 bits per heavy atom. The lowest BCUT2D eigenvalue weighted by Crippen LogP contribution is -2.36. The maximum atomic E-state index is 12.8. The minimum Gasteiger partial charge on any atom is -0.375 e. The van der Waals surface area contributed by atoms with Crippen LogP contribution in [0.1, 0.15) is 25.0 Å². The van der Waals surface area contributed by atoms with Gasteiger partial charge >= 0.3 is 6.18 Å². The van der Waals surface area contributed by atoms with Gasteiger partial charge in [0.05, 0.1) is 24.2 Å². The first-order valence-corrected chi connectivity index (χ1v) is 8.97. The van der Waals surface area contributed by atoms with Gasteiger partial charge in [-0.05, 0) is 30.7 Å². The van der Waals surface area contributed by atoms with Crippen molar-refractivity contribution in [2.24, 2.45) is 17.8 Å². The predicted octanol–water partition coefficient (Wildman–Crippen LogP) is 3.08. The first kappa shape index (κ1) is 19.7. The number of benzene rings is 1. The Hall–Kier alpha value is -2.09. The summed E-state index contributed by atoms with van der Waals surface area (Å²) in [4.78, 5) is 26.6. The Bertz CT molecular complexity index is 748. The van der Waals surface area contributed by atoms with Crippen LogP contribution in [0.15, 0.2) is 18.2 Å². The highest BCUT2D eigenvalue weighted by Crippen LogP contribution is 2.36. The molecule has 0 radical (unpaired) electrons. The fraction of sp³-hybridized carbons (Fsp3) is 0.579. The molecule has 2 heterocycles. The van der Waals surface area contributed by atoms with Crippen molar-refractivity contribution in [2.45, 2.75) is 33.1 Å². The molecule has 0 saturated carbocycles. The van der Waals surface area contributed by atoms with Gasteiger partial charge < -0.3 is 15.0 Å². The van der Waals surface area contributed by atoms with Crippen molar-refractivity contribution >= 4 is 17.5 Å². The van der Waals surface area contributed by atoms with Crippen molar-refractivity contribution < 1.29 is 27.5 Å². The van der Waals surface area contributed by atoms with E-state index in [1.165, 1.54) is 13.0 Å². The number of nitrogens with one attached hydrogen (secondary N) is 1. The number of nitrogens with zero attached hydrogens (tertiary/aromatic N) is 1. The number of anilines is 1. The molecule has 2 amide bonds. The Balaban J connectivity index is 1.68. The standard InChI is InChI=1S/C19H23F3N2O3/c1-10(2)18(26)24-7-13-14(9-27-16(13)8-24)17(25)23-15-5-4-12(6-11(15)3)19(20,21)22/h4-6,10,13-14,16H,7-9H2,1-3H3,(H,23,25)/t13-,14+,16-/m1/s1. The van der Waals surface area contributed by atoms with Crippen LogP contribution >= 0.6 is 0 Å². The van der Waals surface area contributed by atoms with E-state index in [9.17, 15) is 22.8 Å². The number of ether oxygens (including phenoxy) is 1. The zero-order chi connectivity index (χ0) is 19.9. The number of alkyl halides is 3. The van der Waals surface area contributed by atoms with Gasteiger partial charge in [0.25, 0.3) is 0 Å². The van der Waals surface area contributed by atoms with Crippen molar-refractivity contribution in [1.29, 1.82) is 0 Å². The van der Waals surface area contributed by atoms with Crippen LogP contribution in [0.5, 0.6) is 0 Å². The number of likely N-dealkylation sites (tertiary alicyclic amines) is 1. The molecule has 1 N–H and O–H groups in total. The zero-order valence-electron chi connectivity index (χ0n) is 15.5. The number of rotatable bonds is 3. The second kappa shape index (κ2) is 7.14. The molecule has 8 heteroatoms. The van der Waals surface area contributed by atoms with Gasteiger partial charge in [0, 0.05) is 30.6 Å². The highest BCUT2D eigenvalue weighted by atomic mass is 19.4. The number of aryl methyl sites for hydroxylation is 1. The normalized spacial score (nSPS) is 25.0. The molecule has 5 nitrogen and oxygen atoms in total. The van der Waals surface area contributed by atoms with Crippen LogP contribution in [0.3, 0.4) is 0 Å². The van der Waals surface area contributed by atoms with Gasteiger partial charge in [-0.2, -0.15) is 13.2 Å². The SMILES string of the molecule is Cc1cc(C(F)(F)F)ccc1NC(=O)[C@H]1CO[C@@H]2CN(C(=O)C(C)C)C[C@H]12. The summed E-state index contributed by atoms with van der Waals surface area (Å²) in [6.07, 6.45) is -4.59. The summed E-state index contributed by atoms with van der Waals surface area (Å²) in [7, 11) is 0. The summed E-state index contributed by atoms with van der Waals surface area (Å²) in [5.41, 5.74) is -0.0536. The fourth-order valence-corrected chi connectivity index (χ4v) is 3.73. The Labute approximate surface area is 155 Å². The lowest BCUT2D eigenvalue weighted by molar-refractivity contribution is -0.137. The molecule has 0 spiro atoms. The van der Waals surface area contributed by atoms with Gasteiger partial charge in [-0.1, -0.05) is 13.8 Å². The largest absolute Gasteiger partial charge is 0.416 e. The average molecular weight is 384 g/mol. The molecule has 1 aromatic rings. The molecule has 2 saturated heterocycles. The molecule has 2 fully saturated rings. The molecule has 27 heavy (non-hydrogen) atoms. The third-order valence-electron chi connectivity index (χ3n) is 5.27. The van der Waals surface area contributed by atoms with Crippen LogP contribution in [-0.2, 0) is 20.5 Å². The van der Waals surface area contributed by atoms with Gasteiger partial charge in [0.1, 0.15) is 0 Å². The van der Waals surface area contributed by atoms with Crippen LogP contribution in [0.25, 0.3) is 0 Å². The van der Waals surface area contributed by atoms with Crippen molar-refractivity contribution in [3.05, 3.63) is 29.3 Å². The molecule has 148 valence electrons. The molecule has 2 aliphatic heterocycles. The summed E-state index contributed by atoms with van der Waals surface area (Å²) in [6.45, 7) is 6.38. The van der Waals surface area contributed by atoms with Crippen molar-refractivity contribution in [2.75, 3.05) is 25.0 Å². The van der Waals surface area contributed by atoms with Crippen LogP contribution in [0, 0.1) is 24.7 Å². The molecule has 3 atom stereocenters. The van der Waals surface area contributed by atoms with Gasteiger partial charge in [0.15, 0.2) is 0 Å². The third-order valence-corrected chi connectivity index (χ3v) is 5.27. The third kappa shape index (κ3) is 3.95. The van der Waals surface area contributed by atoms with Crippen molar-refractivity contribution in [3.8, 4) is 0 Å². The lowest BCUT2D eigenvalue weighted by Gasteiger charge is -2.21. The van der Waals surface area contributed by atoms with E-state index >= 15 is 0 Å². The first-order valence-electron chi connectivity index (χ1n) is 8.97. The van der Waals surface area contributed by atoms with Crippen molar-refractivity contribution in [3.63, 3.8) is 0 Å². The Morgan fingerprint density at radius 2 is 1.96 bits per heavy atom. The smallest absolute Gasteiger partial charge is 0.375 e. The second-order valence-corrected chi connectivity index (χ2v) is 7.56. The zero-order valence-corrected chi connectivity index (χ0v) is 15.5.